The van der Waals surface area contributed by atoms with E-state index < -0.39 is 10.0 Å². The topological polar surface area (TPSA) is 81.4 Å². The van der Waals surface area contributed by atoms with Crippen LogP contribution in [0.4, 0.5) is 5.69 Å². The largest absolute Gasteiger partial charge is 0.490 e. The summed E-state index contributed by atoms with van der Waals surface area (Å²) in [7, 11) is -3.35. The molecule has 0 saturated heterocycles. The van der Waals surface area contributed by atoms with Crippen LogP contribution in [0.3, 0.4) is 0 Å². The van der Waals surface area contributed by atoms with Crippen LogP contribution in [-0.4, -0.2) is 20.8 Å². The molecule has 0 aliphatic heterocycles. The number of thiophene rings is 1. The van der Waals surface area contributed by atoms with Crippen LogP contribution in [0.5, 0.6) is 5.75 Å². The van der Waals surface area contributed by atoms with E-state index in [2.05, 4.69) is 4.72 Å². The average Bonchev–Trinajstić information content (AvgIpc) is 2.92. The van der Waals surface area contributed by atoms with E-state index in [1.807, 2.05) is 16.8 Å². The van der Waals surface area contributed by atoms with Gasteiger partial charge in [0.1, 0.15) is 12.4 Å². The molecule has 1 aromatic heterocycles. The van der Waals surface area contributed by atoms with Gasteiger partial charge in [-0.05, 0) is 34.5 Å². The molecule has 108 valence electrons. The quantitative estimate of drug-likeness (QED) is 0.764. The van der Waals surface area contributed by atoms with Gasteiger partial charge in [0.15, 0.2) is 0 Å². The SMILES string of the molecule is Nc1ccccc1OCCS(=O)(=O)NCc1ccsc1. The standard InChI is InChI=1S/C13H16N2O3S2/c14-12-3-1-2-4-13(12)18-6-8-20(16,17)15-9-11-5-7-19-10-11/h1-5,7,10,15H,6,8-9,14H2. The van der Waals surface area contributed by atoms with Gasteiger partial charge in [0.2, 0.25) is 10.0 Å². The molecule has 20 heavy (non-hydrogen) atoms. The number of benzene rings is 1. The highest BCUT2D eigenvalue weighted by molar-refractivity contribution is 7.89. The van der Waals surface area contributed by atoms with Gasteiger partial charge in [-0.25, -0.2) is 13.1 Å². The lowest BCUT2D eigenvalue weighted by atomic mass is 10.3. The molecule has 0 spiro atoms. The van der Waals surface area contributed by atoms with Gasteiger partial charge in [-0.15, -0.1) is 0 Å². The number of anilines is 1. The maximum atomic E-state index is 11.8. The molecule has 5 nitrogen and oxygen atoms in total. The molecule has 2 aromatic rings. The van der Waals surface area contributed by atoms with Crippen molar-refractivity contribution in [2.45, 2.75) is 6.54 Å². The number of para-hydroxylation sites is 2. The van der Waals surface area contributed by atoms with Crippen molar-refractivity contribution in [1.82, 2.24) is 4.72 Å². The molecule has 0 aliphatic carbocycles. The van der Waals surface area contributed by atoms with Gasteiger partial charge in [-0.1, -0.05) is 12.1 Å². The zero-order chi connectivity index (χ0) is 14.4. The van der Waals surface area contributed by atoms with Crippen LogP contribution in [0.15, 0.2) is 41.1 Å². The van der Waals surface area contributed by atoms with Crippen molar-refractivity contribution in [2.24, 2.45) is 0 Å². The lowest BCUT2D eigenvalue weighted by molar-refractivity contribution is 0.342. The summed E-state index contributed by atoms with van der Waals surface area (Å²) in [4.78, 5) is 0. The van der Waals surface area contributed by atoms with E-state index in [1.165, 1.54) is 11.3 Å². The Balaban J connectivity index is 1.79. The highest BCUT2D eigenvalue weighted by atomic mass is 32.2. The summed E-state index contributed by atoms with van der Waals surface area (Å²) in [6, 6.07) is 8.88. The van der Waals surface area contributed by atoms with Crippen LogP contribution in [0.2, 0.25) is 0 Å². The zero-order valence-corrected chi connectivity index (χ0v) is 12.4. The molecule has 0 bridgehead atoms. The maximum absolute atomic E-state index is 11.8. The third-order valence-corrected chi connectivity index (χ3v) is 4.63. The van der Waals surface area contributed by atoms with E-state index >= 15 is 0 Å². The first-order valence-electron chi connectivity index (χ1n) is 6.02. The first-order valence-corrected chi connectivity index (χ1v) is 8.62. The summed E-state index contributed by atoms with van der Waals surface area (Å²) in [6.07, 6.45) is 0. The van der Waals surface area contributed by atoms with Gasteiger partial charge < -0.3 is 10.5 Å². The Hall–Kier alpha value is -1.57. The Labute approximate surface area is 122 Å². The Morgan fingerprint density at radius 2 is 2.05 bits per heavy atom. The van der Waals surface area contributed by atoms with Crippen LogP contribution in [0, 0.1) is 0 Å². The second kappa shape index (κ2) is 6.74. The fraction of sp³-hybridized carbons (Fsp3) is 0.231. The smallest absolute Gasteiger partial charge is 0.215 e. The molecule has 3 N–H and O–H groups in total. The minimum absolute atomic E-state index is 0.0627. The van der Waals surface area contributed by atoms with Crippen LogP contribution >= 0.6 is 11.3 Å². The predicted molar refractivity (Wildman–Crippen MR) is 81.3 cm³/mol. The summed E-state index contributed by atoms with van der Waals surface area (Å²) < 4.78 is 31.5. The molecule has 2 rings (SSSR count). The van der Waals surface area contributed by atoms with Crippen molar-refractivity contribution in [1.29, 1.82) is 0 Å². The summed E-state index contributed by atoms with van der Waals surface area (Å²) in [5, 5.41) is 3.81. The van der Waals surface area contributed by atoms with Crippen molar-refractivity contribution in [3.63, 3.8) is 0 Å². The lowest BCUT2D eigenvalue weighted by Gasteiger charge is -2.09. The number of sulfonamides is 1. The first kappa shape index (κ1) is 14.8. The summed E-state index contributed by atoms with van der Waals surface area (Å²) in [5.41, 5.74) is 7.15. The Morgan fingerprint density at radius 3 is 2.75 bits per heavy atom. The fourth-order valence-electron chi connectivity index (χ4n) is 1.53. The van der Waals surface area contributed by atoms with Gasteiger partial charge in [-0.3, -0.25) is 0 Å². The van der Waals surface area contributed by atoms with Crippen molar-refractivity contribution < 1.29 is 13.2 Å². The Morgan fingerprint density at radius 1 is 1.25 bits per heavy atom. The number of ether oxygens (including phenoxy) is 1. The molecule has 0 radical (unpaired) electrons. The monoisotopic (exact) mass is 312 g/mol. The fourth-order valence-corrected chi connectivity index (χ4v) is 3.03. The van der Waals surface area contributed by atoms with Crippen molar-refractivity contribution in [3.8, 4) is 5.75 Å². The molecule has 1 heterocycles. The maximum Gasteiger partial charge on any atom is 0.215 e. The van der Waals surface area contributed by atoms with E-state index in [-0.39, 0.29) is 12.4 Å². The molecule has 1 aromatic carbocycles. The summed E-state index contributed by atoms with van der Waals surface area (Å²) >= 11 is 1.53. The molecule has 0 fully saturated rings. The molecule has 0 amide bonds. The van der Waals surface area contributed by atoms with Crippen molar-refractivity contribution in [3.05, 3.63) is 46.7 Å². The van der Waals surface area contributed by atoms with Gasteiger partial charge in [0, 0.05) is 6.54 Å². The van der Waals surface area contributed by atoms with Gasteiger partial charge in [0.25, 0.3) is 0 Å². The average molecular weight is 312 g/mol. The Kier molecular flexibility index (Phi) is 4.99. The van der Waals surface area contributed by atoms with Crippen molar-refractivity contribution in [2.75, 3.05) is 18.1 Å². The highest BCUT2D eigenvalue weighted by Crippen LogP contribution is 2.19. The van der Waals surface area contributed by atoms with Crippen molar-refractivity contribution >= 4 is 27.0 Å². The van der Waals surface area contributed by atoms with Gasteiger partial charge >= 0.3 is 0 Å². The first-order chi connectivity index (χ1) is 9.57. The van der Waals surface area contributed by atoms with Crippen LogP contribution < -0.4 is 15.2 Å². The molecule has 0 atom stereocenters. The zero-order valence-electron chi connectivity index (χ0n) is 10.8. The second-order valence-corrected chi connectivity index (χ2v) is 6.86. The number of nitrogens with two attached hydrogens (primary N) is 1. The number of rotatable bonds is 7. The molecular formula is C13H16N2O3S2. The van der Waals surface area contributed by atoms with E-state index in [1.54, 1.807) is 24.3 Å². The normalized spacial score (nSPS) is 11.4. The summed E-state index contributed by atoms with van der Waals surface area (Å²) in [5.74, 6) is 0.395. The number of hydrogen-bond donors (Lipinski definition) is 2. The van der Waals surface area contributed by atoms with Gasteiger partial charge in [0.05, 0.1) is 11.4 Å². The van der Waals surface area contributed by atoms with Gasteiger partial charge in [-0.2, -0.15) is 11.3 Å². The van der Waals surface area contributed by atoms with E-state index in [9.17, 15) is 8.42 Å². The number of nitrogen functional groups attached to an aromatic ring is 1. The molecule has 0 saturated carbocycles. The minimum Gasteiger partial charge on any atom is -0.490 e. The molecule has 7 heteroatoms. The predicted octanol–water partition coefficient (Wildman–Crippen LogP) is 1.83. The van der Waals surface area contributed by atoms with Crippen LogP contribution in [0.25, 0.3) is 0 Å². The van der Waals surface area contributed by atoms with E-state index in [0.717, 1.165) is 5.56 Å². The van der Waals surface area contributed by atoms with E-state index in [0.29, 0.717) is 18.0 Å². The van der Waals surface area contributed by atoms with Crippen LogP contribution in [-0.2, 0) is 16.6 Å². The third kappa shape index (κ3) is 4.52. The number of hydrogen-bond acceptors (Lipinski definition) is 5. The van der Waals surface area contributed by atoms with Crippen LogP contribution in [0.1, 0.15) is 5.56 Å². The third-order valence-electron chi connectivity index (χ3n) is 2.60. The minimum atomic E-state index is -3.35. The van der Waals surface area contributed by atoms with E-state index in [4.69, 9.17) is 10.5 Å². The molecular weight excluding hydrogens is 296 g/mol. The Bertz CT molecular complexity index is 639. The highest BCUT2D eigenvalue weighted by Gasteiger charge is 2.11. The number of nitrogens with one attached hydrogen (secondary N) is 1. The lowest BCUT2D eigenvalue weighted by Crippen LogP contribution is -2.28. The molecule has 0 unspecified atom stereocenters. The molecule has 0 aliphatic rings. The summed E-state index contributed by atoms with van der Waals surface area (Å²) in [6.45, 7) is 0.368. The second-order valence-electron chi connectivity index (χ2n) is 4.16.